The molecule has 3 heteroatoms. The SMILES string of the molecule is CC1(C)CN(Cc2ccccc2)C(C)(CCO)CO1. The third-order valence-corrected chi connectivity index (χ3v) is 3.98. The van der Waals surface area contributed by atoms with Crippen molar-refractivity contribution < 1.29 is 9.84 Å². The summed E-state index contributed by atoms with van der Waals surface area (Å²) < 4.78 is 5.95. The van der Waals surface area contributed by atoms with Gasteiger partial charge in [-0.15, -0.1) is 0 Å². The second kappa shape index (κ2) is 5.61. The summed E-state index contributed by atoms with van der Waals surface area (Å²) in [5.41, 5.74) is 1.11. The monoisotopic (exact) mass is 263 g/mol. The Hall–Kier alpha value is -0.900. The van der Waals surface area contributed by atoms with E-state index in [-0.39, 0.29) is 17.7 Å². The lowest BCUT2D eigenvalue weighted by Crippen LogP contribution is -2.60. The minimum Gasteiger partial charge on any atom is -0.396 e. The van der Waals surface area contributed by atoms with Gasteiger partial charge in [0.05, 0.1) is 12.2 Å². The Morgan fingerprint density at radius 1 is 1.21 bits per heavy atom. The molecule has 1 heterocycles. The second-order valence-electron chi connectivity index (χ2n) is 6.36. The number of hydrogen-bond donors (Lipinski definition) is 1. The topological polar surface area (TPSA) is 32.7 Å². The Kier molecular flexibility index (Phi) is 4.29. The smallest absolute Gasteiger partial charge is 0.0754 e. The van der Waals surface area contributed by atoms with Crippen molar-refractivity contribution in [1.82, 2.24) is 4.90 Å². The van der Waals surface area contributed by atoms with Crippen molar-refractivity contribution in [3.63, 3.8) is 0 Å². The molecule has 0 aromatic heterocycles. The molecule has 1 aromatic rings. The van der Waals surface area contributed by atoms with Crippen molar-refractivity contribution in [2.75, 3.05) is 19.8 Å². The first-order valence-electron chi connectivity index (χ1n) is 6.99. The Labute approximate surface area is 116 Å². The molecule has 0 aliphatic carbocycles. The first-order valence-corrected chi connectivity index (χ1v) is 6.99. The van der Waals surface area contributed by atoms with Crippen LogP contribution in [0, 0.1) is 0 Å². The highest BCUT2D eigenvalue weighted by atomic mass is 16.5. The van der Waals surface area contributed by atoms with Crippen LogP contribution < -0.4 is 0 Å². The summed E-state index contributed by atoms with van der Waals surface area (Å²) in [6.07, 6.45) is 0.746. The van der Waals surface area contributed by atoms with E-state index >= 15 is 0 Å². The lowest BCUT2D eigenvalue weighted by Gasteiger charge is -2.50. The standard InChI is InChI=1S/C16H25NO2/c1-15(2)12-17(11-14-7-5-4-6-8-14)16(3,9-10-18)13-19-15/h4-8,18H,9-13H2,1-3H3. The molecule has 3 nitrogen and oxygen atoms in total. The van der Waals surface area contributed by atoms with Crippen LogP contribution in [0.3, 0.4) is 0 Å². The number of ether oxygens (including phenoxy) is 1. The van der Waals surface area contributed by atoms with Crippen molar-refractivity contribution in [1.29, 1.82) is 0 Å². The Bertz CT molecular complexity index is 404. The van der Waals surface area contributed by atoms with Gasteiger partial charge in [-0.25, -0.2) is 0 Å². The van der Waals surface area contributed by atoms with Crippen LogP contribution in [0.2, 0.25) is 0 Å². The molecule has 106 valence electrons. The minimum absolute atomic E-state index is 0.0832. The van der Waals surface area contributed by atoms with Crippen molar-refractivity contribution in [2.24, 2.45) is 0 Å². The summed E-state index contributed by atoms with van der Waals surface area (Å²) in [5, 5.41) is 9.32. The lowest BCUT2D eigenvalue weighted by atomic mass is 9.90. The molecular formula is C16H25NO2. The first-order chi connectivity index (χ1) is 8.95. The number of hydrogen-bond acceptors (Lipinski definition) is 3. The molecule has 1 N–H and O–H groups in total. The number of morpholine rings is 1. The van der Waals surface area contributed by atoms with Gasteiger partial charge in [0.2, 0.25) is 0 Å². The van der Waals surface area contributed by atoms with Gasteiger partial charge in [0.1, 0.15) is 0 Å². The number of aliphatic hydroxyl groups excluding tert-OH is 1. The van der Waals surface area contributed by atoms with Crippen molar-refractivity contribution in [3.8, 4) is 0 Å². The zero-order chi connectivity index (χ0) is 13.9. The van der Waals surface area contributed by atoms with Crippen LogP contribution >= 0.6 is 0 Å². The quantitative estimate of drug-likeness (QED) is 0.905. The van der Waals surface area contributed by atoms with Crippen LogP contribution in [-0.4, -0.2) is 40.9 Å². The van der Waals surface area contributed by atoms with Gasteiger partial charge >= 0.3 is 0 Å². The maximum atomic E-state index is 9.32. The molecule has 0 amide bonds. The van der Waals surface area contributed by atoms with Gasteiger partial charge in [0, 0.05) is 25.2 Å². The van der Waals surface area contributed by atoms with Crippen LogP contribution in [0.1, 0.15) is 32.8 Å². The highest BCUT2D eigenvalue weighted by Gasteiger charge is 2.41. The molecule has 0 radical (unpaired) electrons. The number of aliphatic hydroxyl groups is 1. The van der Waals surface area contributed by atoms with Crippen LogP contribution in [0.25, 0.3) is 0 Å². The average Bonchev–Trinajstić information content (AvgIpc) is 2.36. The third kappa shape index (κ3) is 3.56. The highest BCUT2D eigenvalue weighted by molar-refractivity contribution is 5.15. The molecule has 0 saturated carbocycles. The van der Waals surface area contributed by atoms with Crippen molar-refractivity contribution in [2.45, 2.75) is 44.9 Å². The van der Waals surface area contributed by atoms with Crippen LogP contribution in [0.5, 0.6) is 0 Å². The molecule has 1 aliphatic rings. The summed E-state index contributed by atoms with van der Waals surface area (Å²) in [6.45, 7) is 9.11. The summed E-state index contributed by atoms with van der Waals surface area (Å²) >= 11 is 0. The molecule has 1 atom stereocenters. The van der Waals surface area contributed by atoms with E-state index in [0.717, 1.165) is 19.5 Å². The summed E-state index contributed by atoms with van der Waals surface area (Å²) in [6, 6.07) is 10.5. The minimum atomic E-state index is -0.121. The zero-order valence-electron chi connectivity index (χ0n) is 12.2. The highest BCUT2D eigenvalue weighted by Crippen LogP contribution is 2.31. The number of nitrogens with zero attached hydrogens (tertiary/aromatic N) is 1. The Morgan fingerprint density at radius 2 is 1.89 bits per heavy atom. The number of rotatable bonds is 4. The van der Waals surface area contributed by atoms with Crippen LogP contribution in [0.15, 0.2) is 30.3 Å². The molecule has 1 saturated heterocycles. The average molecular weight is 263 g/mol. The van der Waals surface area contributed by atoms with E-state index in [0.29, 0.717) is 6.61 Å². The molecular weight excluding hydrogens is 238 g/mol. The first kappa shape index (κ1) is 14.5. The molecule has 1 aliphatic heterocycles. The number of benzene rings is 1. The van der Waals surface area contributed by atoms with Gasteiger partial charge in [-0.2, -0.15) is 0 Å². The van der Waals surface area contributed by atoms with Gasteiger partial charge in [-0.05, 0) is 32.8 Å². The zero-order valence-corrected chi connectivity index (χ0v) is 12.2. The van der Waals surface area contributed by atoms with E-state index in [2.05, 4.69) is 49.9 Å². The molecule has 19 heavy (non-hydrogen) atoms. The maximum absolute atomic E-state index is 9.32. The summed E-state index contributed by atoms with van der Waals surface area (Å²) in [5.74, 6) is 0. The molecule has 1 unspecified atom stereocenters. The van der Waals surface area contributed by atoms with E-state index in [1.54, 1.807) is 0 Å². The molecule has 1 fully saturated rings. The van der Waals surface area contributed by atoms with E-state index in [9.17, 15) is 5.11 Å². The van der Waals surface area contributed by atoms with E-state index < -0.39 is 0 Å². The van der Waals surface area contributed by atoms with Crippen molar-refractivity contribution >= 4 is 0 Å². The van der Waals surface area contributed by atoms with E-state index in [1.807, 2.05) is 6.07 Å². The molecule has 0 bridgehead atoms. The normalized spacial score (nSPS) is 27.4. The third-order valence-electron chi connectivity index (χ3n) is 3.98. The molecule has 0 spiro atoms. The maximum Gasteiger partial charge on any atom is 0.0754 e. The predicted molar refractivity (Wildman–Crippen MR) is 77.0 cm³/mol. The fourth-order valence-corrected chi connectivity index (χ4v) is 2.66. The van der Waals surface area contributed by atoms with Gasteiger partial charge in [0.15, 0.2) is 0 Å². The molecule has 2 rings (SSSR count). The van der Waals surface area contributed by atoms with E-state index in [4.69, 9.17) is 4.74 Å². The largest absolute Gasteiger partial charge is 0.396 e. The lowest BCUT2D eigenvalue weighted by molar-refractivity contribution is -0.156. The Balaban J connectivity index is 2.16. The fraction of sp³-hybridized carbons (Fsp3) is 0.625. The van der Waals surface area contributed by atoms with Crippen molar-refractivity contribution in [3.05, 3.63) is 35.9 Å². The van der Waals surface area contributed by atoms with E-state index in [1.165, 1.54) is 5.56 Å². The fourth-order valence-electron chi connectivity index (χ4n) is 2.66. The molecule has 1 aromatic carbocycles. The predicted octanol–water partition coefficient (Wildman–Crippen LogP) is 2.44. The van der Waals surface area contributed by atoms with Gasteiger partial charge < -0.3 is 9.84 Å². The van der Waals surface area contributed by atoms with Crippen LogP contribution in [-0.2, 0) is 11.3 Å². The summed E-state index contributed by atoms with van der Waals surface area (Å²) in [4.78, 5) is 2.45. The van der Waals surface area contributed by atoms with Gasteiger partial charge in [-0.1, -0.05) is 30.3 Å². The Morgan fingerprint density at radius 3 is 2.53 bits per heavy atom. The van der Waals surface area contributed by atoms with Gasteiger partial charge in [0.25, 0.3) is 0 Å². The second-order valence-corrected chi connectivity index (χ2v) is 6.36. The summed E-state index contributed by atoms with van der Waals surface area (Å²) in [7, 11) is 0. The van der Waals surface area contributed by atoms with Crippen LogP contribution in [0.4, 0.5) is 0 Å². The van der Waals surface area contributed by atoms with Gasteiger partial charge in [-0.3, -0.25) is 4.90 Å².